The van der Waals surface area contributed by atoms with Crippen molar-refractivity contribution in [1.29, 1.82) is 0 Å². The molecule has 3 heteroatoms. The van der Waals surface area contributed by atoms with Crippen molar-refractivity contribution >= 4 is 5.57 Å². The number of hydrogen-bond donors (Lipinski definition) is 1. The van der Waals surface area contributed by atoms with Crippen molar-refractivity contribution in [3.8, 4) is 11.8 Å². The Hall–Kier alpha value is -1.53. The second-order valence-electron chi connectivity index (χ2n) is 7.10. The van der Waals surface area contributed by atoms with E-state index in [0.29, 0.717) is 0 Å². The Balaban J connectivity index is 1.51. The Morgan fingerprint density at radius 2 is 2.17 bits per heavy atom. The SMILES string of the molecule is CN1CCC=C(c2n[nH]cc2C#CCCCC2CCCCC2)C1. The molecule has 124 valence electrons. The maximum Gasteiger partial charge on any atom is 0.105 e. The fraction of sp³-hybridized carbons (Fsp3) is 0.650. The molecule has 1 N–H and O–H groups in total. The summed E-state index contributed by atoms with van der Waals surface area (Å²) in [6.07, 6.45) is 16.2. The van der Waals surface area contributed by atoms with E-state index in [-0.39, 0.29) is 0 Å². The third-order valence-corrected chi connectivity index (χ3v) is 5.15. The van der Waals surface area contributed by atoms with Crippen LogP contribution in [0.15, 0.2) is 12.3 Å². The highest BCUT2D eigenvalue weighted by atomic mass is 15.1. The van der Waals surface area contributed by atoms with Crippen LogP contribution < -0.4 is 0 Å². The number of aromatic nitrogens is 2. The molecule has 0 aromatic carbocycles. The van der Waals surface area contributed by atoms with Crippen molar-refractivity contribution in [2.45, 2.75) is 57.8 Å². The van der Waals surface area contributed by atoms with E-state index in [1.54, 1.807) is 0 Å². The second kappa shape index (κ2) is 8.36. The van der Waals surface area contributed by atoms with Gasteiger partial charge in [-0.2, -0.15) is 5.10 Å². The lowest BCUT2D eigenvalue weighted by molar-refractivity contribution is 0.334. The van der Waals surface area contributed by atoms with E-state index in [1.807, 2.05) is 6.20 Å². The summed E-state index contributed by atoms with van der Waals surface area (Å²) in [5, 5.41) is 7.42. The highest BCUT2D eigenvalue weighted by Crippen LogP contribution is 2.27. The molecule has 1 aliphatic carbocycles. The molecule has 0 saturated heterocycles. The van der Waals surface area contributed by atoms with E-state index < -0.39 is 0 Å². The topological polar surface area (TPSA) is 31.9 Å². The van der Waals surface area contributed by atoms with Crippen LogP contribution in [-0.4, -0.2) is 35.2 Å². The van der Waals surface area contributed by atoms with E-state index >= 15 is 0 Å². The highest BCUT2D eigenvalue weighted by Gasteiger charge is 2.15. The molecule has 2 heterocycles. The van der Waals surface area contributed by atoms with Crippen LogP contribution in [0.5, 0.6) is 0 Å². The number of hydrogen-bond acceptors (Lipinski definition) is 2. The summed E-state index contributed by atoms with van der Waals surface area (Å²) in [5.74, 6) is 7.68. The van der Waals surface area contributed by atoms with Crippen molar-refractivity contribution in [1.82, 2.24) is 15.1 Å². The first-order valence-corrected chi connectivity index (χ1v) is 9.23. The molecule has 3 rings (SSSR count). The van der Waals surface area contributed by atoms with E-state index in [4.69, 9.17) is 0 Å². The molecule has 1 aromatic heterocycles. The minimum Gasteiger partial charge on any atom is -0.302 e. The molecule has 1 saturated carbocycles. The average Bonchev–Trinajstić information content (AvgIpc) is 3.04. The first kappa shape index (κ1) is 16.3. The van der Waals surface area contributed by atoms with Gasteiger partial charge in [0.1, 0.15) is 5.69 Å². The molecule has 1 aliphatic heterocycles. The predicted molar refractivity (Wildman–Crippen MR) is 96.0 cm³/mol. The van der Waals surface area contributed by atoms with E-state index in [0.717, 1.165) is 43.1 Å². The lowest BCUT2D eigenvalue weighted by Gasteiger charge is -2.22. The van der Waals surface area contributed by atoms with Gasteiger partial charge < -0.3 is 4.90 Å². The summed E-state index contributed by atoms with van der Waals surface area (Å²) in [5.41, 5.74) is 3.42. The first-order valence-electron chi connectivity index (χ1n) is 9.23. The zero-order chi connectivity index (χ0) is 15.9. The Kier molecular flexibility index (Phi) is 5.93. The number of nitrogens with zero attached hydrogens (tertiary/aromatic N) is 2. The van der Waals surface area contributed by atoms with E-state index in [2.05, 4.69) is 40.1 Å². The maximum absolute atomic E-state index is 4.42. The predicted octanol–water partition coefficient (Wildman–Crippen LogP) is 4.23. The van der Waals surface area contributed by atoms with Gasteiger partial charge in [0.05, 0.1) is 5.56 Å². The van der Waals surface area contributed by atoms with Gasteiger partial charge in [-0.1, -0.05) is 50.0 Å². The van der Waals surface area contributed by atoms with Gasteiger partial charge in [0.25, 0.3) is 0 Å². The highest BCUT2D eigenvalue weighted by molar-refractivity contribution is 5.69. The molecule has 0 atom stereocenters. The summed E-state index contributed by atoms with van der Waals surface area (Å²) < 4.78 is 0. The Bertz CT molecular complexity index is 582. The quantitative estimate of drug-likeness (QED) is 0.666. The third kappa shape index (κ3) is 4.72. The number of nitrogens with one attached hydrogen (secondary N) is 1. The van der Waals surface area contributed by atoms with Gasteiger partial charge >= 0.3 is 0 Å². The van der Waals surface area contributed by atoms with Gasteiger partial charge in [0.2, 0.25) is 0 Å². The van der Waals surface area contributed by atoms with E-state index in [1.165, 1.54) is 50.5 Å². The largest absolute Gasteiger partial charge is 0.302 e. The Labute approximate surface area is 140 Å². The third-order valence-electron chi connectivity index (χ3n) is 5.15. The Morgan fingerprint density at radius 3 is 3.00 bits per heavy atom. The summed E-state index contributed by atoms with van der Waals surface area (Å²) in [7, 11) is 2.16. The molecule has 1 fully saturated rings. The summed E-state index contributed by atoms with van der Waals surface area (Å²) >= 11 is 0. The van der Waals surface area contributed by atoms with Gasteiger partial charge in [-0.15, -0.1) is 0 Å². The molecule has 0 amide bonds. The van der Waals surface area contributed by atoms with Crippen molar-refractivity contribution in [2.75, 3.05) is 20.1 Å². The monoisotopic (exact) mass is 311 g/mol. The van der Waals surface area contributed by atoms with Gasteiger partial charge in [-0.05, 0) is 37.8 Å². The molecular weight excluding hydrogens is 282 g/mol. The maximum atomic E-state index is 4.42. The normalized spacial score (nSPS) is 20.0. The molecule has 23 heavy (non-hydrogen) atoms. The van der Waals surface area contributed by atoms with Gasteiger partial charge in [-0.25, -0.2) is 0 Å². The van der Waals surface area contributed by atoms with Crippen LogP contribution in [-0.2, 0) is 0 Å². The molecule has 3 nitrogen and oxygen atoms in total. The van der Waals surface area contributed by atoms with Crippen LogP contribution in [0, 0.1) is 17.8 Å². The second-order valence-corrected chi connectivity index (χ2v) is 7.10. The zero-order valence-corrected chi connectivity index (χ0v) is 14.4. The number of likely N-dealkylation sites (N-methyl/N-ethyl adjacent to an activating group) is 1. The first-order chi connectivity index (χ1) is 11.3. The molecule has 0 spiro atoms. The van der Waals surface area contributed by atoms with Crippen LogP contribution in [0.25, 0.3) is 5.57 Å². The summed E-state index contributed by atoms with van der Waals surface area (Å²) in [6, 6.07) is 0. The fourth-order valence-electron chi connectivity index (χ4n) is 3.81. The van der Waals surface area contributed by atoms with Gasteiger partial charge in [-0.3, -0.25) is 5.10 Å². The average molecular weight is 311 g/mol. The van der Waals surface area contributed by atoms with Gasteiger partial charge in [0, 0.05) is 25.7 Å². The molecule has 0 radical (unpaired) electrons. The van der Waals surface area contributed by atoms with Crippen LogP contribution in [0.2, 0.25) is 0 Å². The molecular formula is C20H29N3. The van der Waals surface area contributed by atoms with Crippen LogP contribution >= 0.6 is 0 Å². The van der Waals surface area contributed by atoms with E-state index in [9.17, 15) is 0 Å². The lowest BCUT2D eigenvalue weighted by Crippen LogP contribution is -2.25. The van der Waals surface area contributed by atoms with Crippen LogP contribution in [0.3, 0.4) is 0 Å². The molecule has 1 aromatic rings. The Morgan fingerprint density at radius 1 is 1.30 bits per heavy atom. The van der Waals surface area contributed by atoms with Crippen molar-refractivity contribution < 1.29 is 0 Å². The lowest BCUT2D eigenvalue weighted by atomic mass is 9.86. The smallest absolute Gasteiger partial charge is 0.105 e. The zero-order valence-electron chi connectivity index (χ0n) is 14.4. The van der Waals surface area contributed by atoms with Crippen molar-refractivity contribution in [3.63, 3.8) is 0 Å². The van der Waals surface area contributed by atoms with Crippen LogP contribution in [0.1, 0.15) is 69.0 Å². The summed E-state index contributed by atoms with van der Waals surface area (Å²) in [4.78, 5) is 2.34. The fourth-order valence-corrected chi connectivity index (χ4v) is 3.81. The van der Waals surface area contributed by atoms with Crippen molar-refractivity contribution in [2.24, 2.45) is 5.92 Å². The van der Waals surface area contributed by atoms with Crippen LogP contribution in [0.4, 0.5) is 0 Å². The molecule has 0 bridgehead atoms. The number of aromatic amines is 1. The summed E-state index contributed by atoms with van der Waals surface area (Å²) in [6.45, 7) is 2.11. The number of unbranched alkanes of at least 4 members (excludes halogenated alkanes) is 1. The minimum atomic E-state index is 0.970. The minimum absolute atomic E-state index is 0.970. The molecule has 2 aliphatic rings. The van der Waals surface area contributed by atoms with Gasteiger partial charge in [0.15, 0.2) is 0 Å². The molecule has 0 unspecified atom stereocenters. The van der Waals surface area contributed by atoms with Crippen molar-refractivity contribution in [3.05, 3.63) is 23.5 Å². The standard InChI is InChI=1S/C20H29N3/c1-23-14-8-13-19(16-23)20-18(15-21-22-20)12-7-3-6-11-17-9-4-2-5-10-17/h13,15,17H,2-6,8-11,14,16H2,1H3,(H,21,22). The number of H-pyrrole nitrogens is 1. The number of rotatable bonds is 4.